The Morgan fingerprint density at radius 2 is 1.85 bits per heavy atom. The van der Waals surface area contributed by atoms with Crippen LogP contribution in [0.15, 0.2) is 0 Å². The smallest absolute Gasteiger partial charge is 0.0808 e. The molecule has 0 bridgehead atoms. The summed E-state index contributed by atoms with van der Waals surface area (Å²) in [6, 6.07) is 0. The molecule has 0 radical (unpaired) electrons. The maximum Gasteiger partial charge on any atom is 0.0808 e. The molecule has 2 nitrogen and oxygen atoms in total. The molecule has 20 heavy (non-hydrogen) atoms. The van der Waals surface area contributed by atoms with Gasteiger partial charge in [0.15, 0.2) is 0 Å². The lowest BCUT2D eigenvalue weighted by Gasteiger charge is -2.43. The highest BCUT2D eigenvalue weighted by Gasteiger charge is 2.39. The Morgan fingerprint density at radius 3 is 2.35 bits per heavy atom. The third kappa shape index (κ3) is 4.57. The van der Waals surface area contributed by atoms with Gasteiger partial charge in [-0.2, -0.15) is 0 Å². The Bertz CT molecular complexity index is 284. The van der Waals surface area contributed by atoms with Crippen molar-refractivity contribution >= 4 is 22.6 Å². The molecule has 1 unspecified atom stereocenters. The first-order chi connectivity index (χ1) is 9.45. The van der Waals surface area contributed by atoms with Gasteiger partial charge < -0.3 is 9.47 Å². The standard InChI is InChI=1S/C17H31IO2/c1-16(2,3)14-7-9-17(13-18,10-8-14)20-12-15-6-4-5-11-19-15/h14-15H,4-13H2,1-3H3. The predicted molar refractivity (Wildman–Crippen MR) is 92.6 cm³/mol. The van der Waals surface area contributed by atoms with Crippen LogP contribution in [0.2, 0.25) is 0 Å². The second-order valence-electron chi connectivity index (χ2n) is 7.76. The van der Waals surface area contributed by atoms with Crippen molar-refractivity contribution in [3.8, 4) is 0 Å². The molecule has 1 aliphatic heterocycles. The van der Waals surface area contributed by atoms with Crippen LogP contribution in [-0.4, -0.2) is 29.3 Å². The van der Waals surface area contributed by atoms with Crippen molar-refractivity contribution in [1.82, 2.24) is 0 Å². The normalized spacial score (nSPS) is 36.0. The highest BCUT2D eigenvalue weighted by Crippen LogP contribution is 2.43. The van der Waals surface area contributed by atoms with Gasteiger partial charge in [0.25, 0.3) is 0 Å². The Morgan fingerprint density at radius 1 is 1.15 bits per heavy atom. The Hall–Kier alpha value is 0.650. The molecule has 1 atom stereocenters. The van der Waals surface area contributed by atoms with Gasteiger partial charge in [0.1, 0.15) is 0 Å². The molecule has 1 saturated heterocycles. The zero-order chi connectivity index (χ0) is 14.6. The second kappa shape index (κ2) is 7.28. The quantitative estimate of drug-likeness (QED) is 0.495. The first-order valence-electron chi connectivity index (χ1n) is 8.27. The molecule has 0 aromatic carbocycles. The van der Waals surface area contributed by atoms with Gasteiger partial charge in [-0.25, -0.2) is 0 Å². The summed E-state index contributed by atoms with van der Waals surface area (Å²) in [5, 5.41) is 0. The van der Waals surface area contributed by atoms with E-state index in [1.165, 1.54) is 44.9 Å². The monoisotopic (exact) mass is 394 g/mol. The summed E-state index contributed by atoms with van der Waals surface area (Å²) in [6.07, 6.45) is 9.15. The topological polar surface area (TPSA) is 18.5 Å². The summed E-state index contributed by atoms with van der Waals surface area (Å²) >= 11 is 2.52. The summed E-state index contributed by atoms with van der Waals surface area (Å²) in [5.74, 6) is 0.855. The summed E-state index contributed by atoms with van der Waals surface area (Å²) in [6.45, 7) is 8.88. The van der Waals surface area contributed by atoms with E-state index in [0.29, 0.717) is 11.5 Å². The highest BCUT2D eigenvalue weighted by atomic mass is 127. The first kappa shape index (κ1) is 17.0. The maximum atomic E-state index is 6.39. The van der Waals surface area contributed by atoms with Crippen LogP contribution in [0, 0.1) is 11.3 Å². The van der Waals surface area contributed by atoms with E-state index in [9.17, 15) is 0 Å². The van der Waals surface area contributed by atoms with E-state index in [4.69, 9.17) is 9.47 Å². The molecule has 1 aliphatic carbocycles. The van der Waals surface area contributed by atoms with Crippen molar-refractivity contribution in [3.05, 3.63) is 0 Å². The van der Waals surface area contributed by atoms with E-state index in [1.807, 2.05) is 0 Å². The van der Waals surface area contributed by atoms with Crippen molar-refractivity contribution in [3.63, 3.8) is 0 Å². The molecule has 2 aliphatic rings. The largest absolute Gasteiger partial charge is 0.376 e. The summed E-state index contributed by atoms with van der Waals surface area (Å²) in [7, 11) is 0. The van der Waals surface area contributed by atoms with Gasteiger partial charge in [-0.3, -0.25) is 0 Å². The van der Waals surface area contributed by atoms with Crippen LogP contribution in [0.3, 0.4) is 0 Å². The third-order valence-corrected chi connectivity index (χ3v) is 6.60. The Kier molecular flexibility index (Phi) is 6.19. The van der Waals surface area contributed by atoms with Crippen molar-refractivity contribution < 1.29 is 9.47 Å². The van der Waals surface area contributed by atoms with E-state index in [2.05, 4.69) is 43.4 Å². The van der Waals surface area contributed by atoms with Gasteiger partial charge in [-0.1, -0.05) is 43.4 Å². The second-order valence-corrected chi connectivity index (χ2v) is 8.52. The van der Waals surface area contributed by atoms with Gasteiger partial charge >= 0.3 is 0 Å². The molecular formula is C17H31IO2. The molecule has 0 aromatic rings. The number of rotatable bonds is 4. The highest BCUT2D eigenvalue weighted by molar-refractivity contribution is 14.1. The minimum Gasteiger partial charge on any atom is -0.376 e. The molecular weight excluding hydrogens is 363 g/mol. The molecule has 2 rings (SSSR count). The summed E-state index contributed by atoms with van der Waals surface area (Å²) in [5.41, 5.74) is 0.576. The Labute approximate surface area is 138 Å². The summed E-state index contributed by atoms with van der Waals surface area (Å²) in [4.78, 5) is 0. The number of hydrogen-bond donors (Lipinski definition) is 0. The average molecular weight is 394 g/mol. The van der Waals surface area contributed by atoms with Gasteiger partial charge in [0, 0.05) is 11.0 Å². The number of alkyl halides is 1. The van der Waals surface area contributed by atoms with Gasteiger partial charge in [-0.15, -0.1) is 0 Å². The van der Waals surface area contributed by atoms with Gasteiger partial charge in [0.2, 0.25) is 0 Å². The average Bonchev–Trinajstić information content (AvgIpc) is 2.46. The van der Waals surface area contributed by atoms with Crippen LogP contribution < -0.4 is 0 Å². The fraction of sp³-hybridized carbons (Fsp3) is 1.00. The molecule has 118 valence electrons. The van der Waals surface area contributed by atoms with Crippen LogP contribution in [-0.2, 0) is 9.47 Å². The first-order valence-corrected chi connectivity index (χ1v) is 9.79. The minimum absolute atomic E-state index is 0.128. The molecule has 0 amide bonds. The lowest BCUT2D eigenvalue weighted by Crippen LogP contribution is -2.43. The molecule has 3 heteroatoms. The van der Waals surface area contributed by atoms with Crippen LogP contribution in [0.25, 0.3) is 0 Å². The lowest BCUT2D eigenvalue weighted by molar-refractivity contribution is -0.117. The molecule has 2 fully saturated rings. The van der Waals surface area contributed by atoms with Crippen molar-refractivity contribution in [2.45, 2.75) is 77.4 Å². The zero-order valence-electron chi connectivity index (χ0n) is 13.4. The summed E-state index contributed by atoms with van der Waals surface area (Å²) < 4.78 is 13.3. The lowest BCUT2D eigenvalue weighted by atomic mass is 9.69. The molecule has 1 saturated carbocycles. The fourth-order valence-corrected chi connectivity index (χ4v) is 4.52. The van der Waals surface area contributed by atoms with Crippen LogP contribution in [0.4, 0.5) is 0 Å². The predicted octanol–water partition coefficient (Wildman–Crippen LogP) is 4.98. The van der Waals surface area contributed by atoms with Crippen molar-refractivity contribution in [2.75, 3.05) is 17.6 Å². The molecule has 1 heterocycles. The van der Waals surface area contributed by atoms with E-state index < -0.39 is 0 Å². The number of ether oxygens (including phenoxy) is 2. The van der Waals surface area contributed by atoms with E-state index >= 15 is 0 Å². The van der Waals surface area contributed by atoms with E-state index in [0.717, 1.165) is 23.6 Å². The Balaban J connectivity index is 1.82. The van der Waals surface area contributed by atoms with Crippen molar-refractivity contribution in [1.29, 1.82) is 0 Å². The molecule has 0 aromatic heterocycles. The molecule has 0 spiro atoms. The number of halogens is 1. The fourth-order valence-electron chi connectivity index (χ4n) is 3.54. The molecule has 0 N–H and O–H groups in total. The van der Waals surface area contributed by atoms with Crippen LogP contribution >= 0.6 is 22.6 Å². The van der Waals surface area contributed by atoms with Crippen LogP contribution in [0.1, 0.15) is 65.7 Å². The van der Waals surface area contributed by atoms with E-state index in [-0.39, 0.29) is 5.60 Å². The van der Waals surface area contributed by atoms with E-state index in [1.54, 1.807) is 0 Å². The maximum absolute atomic E-state index is 6.39. The SMILES string of the molecule is CC(C)(C)C1CCC(CI)(OCC2CCCCO2)CC1. The van der Waals surface area contributed by atoms with Gasteiger partial charge in [0.05, 0.1) is 18.3 Å². The van der Waals surface area contributed by atoms with Crippen molar-refractivity contribution in [2.24, 2.45) is 11.3 Å². The third-order valence-electron chi connectivity index (χ3n) is 5.21. The van der Waals surface area contributed by atoms with Crippen LogP contribution in [0.5, 0.6) is 0 Å². The zero-order valence-corrected chi connectivity index (χ0v) is 15.6. The minimum atomic E-state index is 0.128. The number of hydrogen-bond acceptors (Lipinski definition) is 2. The van der Waals surface area contributed by atoms with Gasteiger partial charge in [-0.05, 0) is 56.3 Å².